The van der Waals surface area contributed by atoms with Crippen LogP contribution in [0.15, 0.2) is 96.0 Å². The molecule has 1 unspecified atom stereocenters. The zero-order chi connectivity index (χ0) is 29.9. The van der Waals surface area contributed by atoms with Gasteiger partial charge in [0, 0.05) is 66.1 Å². The Morgan fingerprint density at radius 3 is 2.40 bits per heavy atom. The summed E-state index contributed by atoms with van der Waals surface area (Å²) in [5.74, 6) is -1.17. The van der Waals surface area contributed by atoms with Crippen molar-refractivity contribution in [3.05, 3.63) is 119 Å². The molecule has 0 bridgehead atoms. The lowest BCUT2D eigenvalue weighted by molar-refractivity contribution is -0.115. The molecule has 0 radical (unpaired) electrons. The lowest BCUT2D eigenvalue weighted by atomic mass is 9.97. The van der Waals surface area contributed by atoms with E-state index < -0.39 is 5.92 Å². The van der Waals surface area contributed by atoms with E-state index in [2.05, 4.69) is 44.6 Å². The number of carbonyl (C=O) groups excluding carboxylic acids is 3. The fraction of sp³-hybridized carbons (Fsp3) is 0.200. The average Bonchev–Trinajstić information content (AvgIpc) is 3.34. The van der Waals surface area contributed by atoms with Crippen LogP contribution in [-0.4, -0.2) is 61.9 Å². The van der Waals surface area contributed by atoms with Crippen LogP contribution in [0.5, 0.6) is 0 Å². The summed E-state index contributed by atoms with van der Waals surface area (Å²) in [4.78, 5) is 48.3. The summed E-state index contributed by atoms with van der Waals surface area (Å²) in [6.07, 6.45) is 1.66. The summed E-state index contributed by atoms with van der Waals surface area (Å²) in [6.45, 7) is 5.96. The van der Waals surface area contributed by atoms with Gasteiger partial charge in [0.05, 0.1) is 5.69 Å². The number of ketones is 1. The number of hydrogen-bond acceptors (Lipinski definition) is 6. The van der Waals surface area contributed by atoms with Gasteiger partial charge in [-0.2, -0.15) is 0 Å². The van der Waals surface area contributed by atoms with E-state index in [9.17, 15) is 14.4 Å². The SMILES string of the molecule is Cc1ccccc1C(=O)Nc1cccc(C(=O)c2ccc3c(c2)NC(=O)C3C=Nc2ccc(N3CCN(C)CC3)cc2)c1. The molecule has 4 aromatic rings. The van der Waals surface area contributed by atoms with E-state index in [-0.39, 0.29) is 17.6 Å². The molecule has 1 atom stereocenters. The van der Waals surface area contributed by atoms with Gasteiger partial charge in [0.15, 0.2) is 5.78 Å². The number of aliphatic imine (C=N–C) groups is 1. The molecule has 0 aliphatic carbocycles. The first-order chi connectivity index (χ1) is 20.9. The third kappa shape index (κ3) is 6.10. The molecule has 2 N–H and O–H groups in total. The topological polar surface area (TPSA) is 94.1 Å². The quantitative estimate of drug-likeness (QED) is 0.220. The molecule has 43 heavy (non-hydrogen) atoms. The maximum absolute atomic E-state index is 13.4. The summed E-state index contributed by atoms with van der Waals surface area (Å²) in [5.41, 5.74) is 6.18. The minimum Gasteiger partial charge on any atom is -0.369 e. The molecule has 216 valence electrons. The number of fused-ring (bicyclic) bond motifs is 1. The van der Waals surface area contributed by atoms with Gasteiger partial charge >= 0.3 is 0 Å². The molecule has 0 spiro atoms. The number of rotatable bonds is 7. The Labute approximate surface area is 251 Å². The Balaban J connectivity index is 1.14. The predicted molar refractivity (Wildman–Crippen MR) is 171 cm³/mol. The Bertz CT molecular complexity index is 1720. The van der Waals surface area contributed by atoms with Gasteiger partial charge in [-0.3, -0.25) is 19.4 Å². The van der Waals surface area contributed by atoms with Gasteiger partial charge in [0.2, 0.25) is 5.91 Å². The molecule has 2 amide bonds. The fourth-order valence-electron chi connectivity index (χ4n) is 5.48. The minimum atomic E-state index is -0.545. The molecule has 4 aromatic carbocycles. The van der Waals surface area contributed by atoms with Crippen molar-refractivity contribution in [3.8, 4) is 0 Å². The Morgan fingerprint density at radius 2 is 1.63 bits per heavy atom. The molecule has 2 heterocycles. The smallest absolute Gasteiger partial charge is 0.255 e. The molecule has 8 nitrogen and oxygen atoms in total. The van der Waals surface area contributed by atoms with Crippen molar-refractivity contribution in [1.82, 2.24) is 4.90 Å². The Morgan fingerprint density at radius 1 is 0.884 bits per heavy atom. The third-order valence-corrected chi connectivity index (χ3v) is 8.05. The number of piperazine rings is 1. The van der Waals surface area contributed by atoms with Crippen molar-refractivity contribution in [1.29, 1.82) is 0 Å². The molecule has 8 heteroatoms. The largest absolute Gasteiger partial charge is 0.369 e. The van der Waals surface area contributed by atoms with Crippen LogP contribution in [-0.2, 0) is 4.79 Å². The van der Waals surface area contributed by atoms with Crippen LogP contribution in [0.3, 0.4) is 0 Å². The van der Waals surface area contributed by atoms with Crippen molar-refractivity contribution in [2.45, 2.75) is 12.8 Å². The second kappa shape index (κ2) is 12.0. The van der Waals surface area contributed by atoms with Crippen LogP contribution in [0.25, 0.3) is 0 Å². The Hall–Kier alpha value is -5.08. The van der Waals surface area contributed by atoms with E-state index in [1.54, 1.807) is 54.7 Å². The first-order valence-corrected chi connectivity index (χ1v) is 14.4. The van der Waals surface area contributed by atoms with E-state index in [0.29, 0.717) is 28.1 Å². The van der Waals surface area contributed by atoms with Crippen LogP contribution in [0, 0.1) is 6.92 Å². The van der Waals surface area contributed by atoms with Gasteiger partial charge in [-0.1, -0.05) is 42.5 Å². The number of amides is 2. The van der Waals surface area contributed by atoms with Gasteiger partial charge in [0.1, 0.15) is 5.92 Å². The van der Waals surface area contributed by atoms with E-state index in [1.165, 1.54) is 5.69 Å². The van der Waals surface area contributed by atoms with Gasteiger partial charge in [-0.15, -0.1) is 0 Å². The second-order valence-electron chi connectivity index (χ2n) is 11.0. The zero-order valence-electron chi connectivity index (χ0n) is 24.2. The summed E-state index contributed by atoms with van der Waals surface area (Å²) in [6, 6.07) is 27.5. The molecule has 1 fully saturated rings. The maximum atomic E-state index is 13.4. The number of anilines is 3. The molecule has 0 aromatic heterocycles. The highest BCUT2D eigenvalue weighted by atomic mass is 16.2. The fourth-order valence-corrected chi connectivity index (χ4v) is 5.48. The lowest BCUT2D eigenvalue weighted by Gasteiger charge is -2.34. The van der Waals surface area contributed by atoms with Gasteiger partial charge in [-0.25, -0.2) is 0 Å². The first-order valence-electron chi connectivity index (χ1n) is 14.4. The second-order valence-corrected chi connectivity index (χ2v) is 11.0. The first kappa shape index (κ1) is 28.1. The number of likely N-dealkylation sites (N-methyl/N-ethyl adjacent to an activating group) is 1. The van der Waals surface area contributed by atoms with Crippen molar-refractivity contribution in [2.24, 2.45) is 4.99 Å². The number of aryl methyl sites for hydroxylation is 1. The molecule has 1 saturated heterocycles. The van der Waals surface area contributed by atoms with E-state index in [1.807, 2.05) is 37.3 Å². The summed E-state index contributed by atoms with van der Waals surface area (Å²) >= 11 is 0. The maximum Gasteiger partial charge on any atom is 0.255 e. The van der Waals surface area contributed by atoms with E-state index in [4.69, 9.17) is 0 Å². The molecule has 2 aliphatic rings. The van der Waals surface area contributed by atoms with Crippen LogP contribution in [0.2, 0.25) is 0 Å². The Kier molecular flexibility index (Phi) is 7.85. The number of nitrogens with zero attached hydrogens (tertiary/aromatic N) is 3. The third-order valence-electron chi connectivity index (χ3n) is 8.05. The van der Waals surface area contributed by atoms with Crippen molar-refractivity contribution >= 4 is 46.6 Å². The predicted octanol–water partition coefficient (Wildman–Crippen LogP) is 5.67. The van der Waals surface area contributed by atoms with Crippen LogP contribution < -0.4 is 15.5 Å². The average molecular weight is 572 g/mol. The highest BCUT2D eigenvalue weighted by Crippen LogP contribution is 2.33. The number of benzene rings is 4. The molecular formula is C35H33N5O3. The number of hydrogen-bond donors (Lipinski definition) is 2. The highest BCUT2D eigenvalue weighted by molar-refractivity contribution is 6.15. The van der Waals surface area contributed by atoms with E-state index in [0.717, 1.165) is 43.0 Å². The molecule has 2 aliphatic heterocycles. The van der Waals surface area contributed by atoms with Gasteiger partial charge in [-0.05, 0) is 73.6 Å². The lowest BCUT2D eigenvalue weighted by Crippen LogP contribution is -2.44. The normalized spacial score (nSPS) is 16.7. The summed E-state index contributed by atoms with van der Waals surface area (Å²) in [7, 11) is 2.14. The molecule has 6 rings (SSSR count). The zero-order valence-corrected chi connectivity index (χ0v) is 24.2. The van der Waals surface area contributed by atoms with Gasteiger partial charge < -0.3 is 20.4 Å². The van der Waals surface area contributed by atoms with E-state index >= 15 is 0 Å². The van der Waals surface area contributed by atoms with Crippen LogP contribution in [0.4, 0.5) is 22.7 Å². The standard InChI is InChI=1S/C35H33N5O3/c1-23-6-3-4-9-29(23)34(42)37-27-8-5-7-24(20-27)33(41)25-10-15-30-31(35(43)38-32(30)21-25)22-36-26-11-13-28(14-12-26)40-18-16-39(2)17-19-40/h3-15,20-22,31H,16-19H2,1-2H3,(H,37,42)(H,38,43). The van der Waals surface area contributed by atoms with Gasteiger partial charge in [0.25, 0.3) is 5.91 Å². The van der Waals surface area contributed by atoms with Crippen LogP contribution in [0.1, 0.15) is 43.3 Å². The summed E-state index contributed by atoms with van der Waals surface area (Å²) in [5, 5.41) is 5.78. The van der Waals surface area contributed by atoms with Crippen molar-refractivity contribution in [2.75, 3.05) is 48.8 Å². The molecule has 0 saturated carbocycles. The minimum absolute atomic E-state index is 0.182. The number of carbonyl (C=O) groups is 3. The van der Waals surface area contributed by atoms with Crippen molar-refractivity contribution in [3.63, 3.8) is 0 Å². The number of nitrogens with one attached hydrogen (secondary N) is 2. The summed E-state index contributed by atoms with van der Waals surface area (Å²) < 4.78 is 0. The molecular weight excluding hydrogens is 538 g/mol. The monoisotopic (exact) mass is 571 g/mol. The van der Waals surface area contributed by atoms with Crippen molar-refractivity contribution < 1.29 is 14.4 Å². The highest BCUT2D eigenvalue weighted by Gasteiger charge is 2.30. The van der Waals surface area contributed by atoms with Crippen LogP contribution >= 0.6 is 0 Å².